The molecule has 17 heteroatoms. The minimum atomic E-state index is -3.95. The smallest absolute Gasteiger partial charge is 0.353 e. The zero-order chi connectivity index (χ0) is 35.3. The molecule has 0 aliphatic carbocycles. The first-order chi connectivity index (χ1) is 22.7. The van der Waals surface area contributed by atoms with Gasteiger partial charge in [0.25, 0.3) is 0 Å². The molecule has 0 saturated heterocycles. The lowest BCUT2D eigenvalue weighted by atomic mass is 10.1. The van der Waals surface area contributed by atoms with Crippen molar-refractivity contribution in [2.45, 2.75) is 90.5 Å². The van der Waals surface area contributed by atoms with Crippen molar-refractivity contribution < 1.29 is 45.4 Å². The summed E-state index contributed by atoms with van der Waals surface area (Å²) in [6.07, 6.45) is 10.2. The van der Waals surface area contributed by atoms with Crippen LogP contribution in [0.3, 0.4) is 0 Å². The average Bonchev–Trinajstić information content (AvgIpc) is 3.45. The monoisotopic (exact) mass is 719 g/mol. The van der Waals surface area contributed by atoms with Crippen LogP contribution < -0.4 is 10.9 Å². The first-order valence-corrected chi connectivity index (χ1v) is 20.6. The highest BCUT2D eigenvalue weighted by molar-refractivity contribution is 7.52. The summed E-state index contributed by atoms with van der Waals surface area (Å²) in [6, 6.07) is 0. The maximum Gasteiger partial charge on any atom is 0.353 e. The van der Waals surface area contributed by atoms with E-state index in [1.165, 1.54) is 19.4 Å². The number of anilines is 1. The molecule has 2 aromatic heterocycles. The van der Waals surface area contributed by atoms with E-state index in [1.807, 2.05) is 0 Å². The van der Waals surface area contributed by atoms with Crippen LogP contribution in [0.2, 0.25) is 13.1 Å². The Morgan fingerprint density at radius 1 is 0.896 bits per heavy atom. The molecule has 0 fully saturated rings. The summed E-state index contributed by atoms with van der Waals surface area (Å²) in [6.45, 7) is 5.69. The first kappa shape index (κ1) is 39.5. The molecule has 1 unspecified atom stereocenters. The van der Waals surface area contributed by atoms with Gasteiger partial charge in [-0.3, -0.25) is 4.57 Å². The highest BCUT2D eigenvalue weighted by Crippen LogP contribution is 2.41. The highest BCUT2D eigenvalue weighted by Gasteiger charge is 2.35. The van der Waals surface area contributed by atoms with Crippen molar-refractivity contribution in [3.8, 4) is 11.5 Å². The molecule has 266 valence electrons. The fourth-order valence-corrected chi connectivity index (χ4v) is 7.83. The molecule has 3 N–H and O–H groups in total. The number of unbranched alkanes of at least 4 members (excludes halogenated alkanes) is 8. The van der Waals surface area contributed by atoms with Gasteiger partial charge in [0.15, 0.2) is 42.8 Å². The quantitative estimate of drug-likeness (QED) is 0.0261. The third-order valence-corrected chi connectivity index (χ3v) is 11.1. The summed E-state index contributed by atoms with van der Waals surface area (Å²) in [5, 5.41) is -0.784. The molecule has 0 aliphatic rings. The second-order valence-electron chi connectivity index (χ2n) is 12.0. The average molecular weight is 720 g/mol. The molecule has 3 rings (SSSR count). The molecular weight excluding hydrogens is 676 g/mol. The van der Waals surface area contributed by atoms with Crippen LogP contribution in [0.25, 0.3) is 11.2 Å². The second-order valence-corrected chi connectivity index (χ2v) is 17.8. The lowest BCUT2D eigenvalue weighted by molar-refractivity contribution is 0.0610. The van der Waals surface area contributed by atoms with Crippen molar-refractivity contribution in [3.05, 3.63) is 41.7 Å². The number of ether oxygens (including phenoxy) is 2. The number of nitrogens with zero attached hydrogens (tertiary/aromatic N) is 4. The molecular formula is C31H43F5N5O5PSi. The van der Waals surface area contributed by atoms with Gasteiger partial charge in [-0.1, -0.05) is 51.6 Å². The summed E-state index contributed by atoms with van der Waals surface area (Å²) in [5.74, 6) is -6.47. The van der Waals surface area contributed by atoms with Crippen molar-refractivity contribution >= 4 is 37.8 Å². The molecule has 0 spiro atoms. The van der Waals surface area contributed by atoms with E-state index in [1.54, 1.807) is 17.8 Å². The van der Waals surface area contributed by atoms with Crippen molar-refractivity contribution in [1.29, 1.82) is 0 Å². The van der Waals surface area contributed by atoms with Crippen LogP contribution in [-0.4, -0.2) is 64.8 Å². The Labute approximate surface area is 278 Å². The summed E-state index contributed by atoms with van der Waals surface area (Å²) in [4.78, 5) is 22.3. The molecule has 2 heterocycles. The number of imidazole rings is 1. The Morgan fingerprint density at radius 2 is 1.50 bits per heavy atom. The Morgan fingerprint density at radius 3 is 2.17 bits per heavy atom. The molecule has 3 aromatic rings. The minimum Gasteiger partial charge on any atom is -0.382 e. The number of rotatable bonds is 20. The lowest BCUT2D eigenvalue weighted by Crippen LogP contribution is -2.46. The van der Waals surface area contributed by atoms with Gasteiger partial charge in [-0.15, -0.1) is 11.5 Å². The second kappa shape index (κ2) is 18.7. The fraction of sp³-hybridized carbons (Fsp3) is 0.581. The summed E-state index contributed by atoms with van der Waals surface area (Å²) >= 11 is 0. The normalized spacial score (nSPS) is 13.8. The van der Waals surface area contributed by atoms with E-state index < -0.39 is 62.4 Å². The lowest BCUT2D eigenvalue weighted by Gasteiger charge is -2.18. The summed E-state index contributed by atoms with van der Waals surface area (Å²) < 4.78 is 99.0. The van der Waals surface area contributed by atoms with Crippen LogP contribution in [0.1, 0.15) is 64.7 Å². The van der Waals surface area contributed by atoms with E-state index in [0.29, 0.717) is 30.7 Å². The summed E-state index contributed by atoms with van der Waals surface area (Å²) in [7, 11) is -7.15. The molecule has 10 nitrogen and oxygen atoms in total. The molecule has 0 amide bonds. The Hall–Kier alpha value is -2.93. The van der Waals surface area contributed by atoms with E-state index >= 15 is 0 Å². The number of fused-ring (bicyclic) bond motifs is 1. The third kappa shape index (κ3) is 11.6. The van der Waals surface area contributed by atoms with Gasteiger partial charge in [-0.2, -0.15) is 0 Å². The van der Waals surface area contributed by atoms with Crippen molar-refractivity contribution in [3.63, 3.8) is 0 Å². The number of halogens is 5. The molecule has 0 radical (unpaired) electrons. The van der Waals surface area contributed by atoms with Gasteiger partial charge in [0.05, 0.1) is 32.2 Å². The van der Waals surface area contributed by atoms with Gasteiger partial charge < -0.3 is 29.2 Å². The number of hydrogen-bond acceptors (Lipinski definition) is 8. The zero-order valence-electron chi connectivity index (χ0n) is 27.4. The molecule has 0 saturated carbocycles. The SMILES string of the molecule is C[C@H](Cn1cnc2c(N)ncnc21)OCP(=O)(O)OCCOCCCCCCCCCCC#C[Si](C)(C)c1c(F)c(F)c(F)c(F)c1F. The topological polar surface area (TPSA) is 135 Å². The van der Waals surface area contributed by atoms with Crippen LogP contribution in [0.15, 0.2) is 12.7 Å². The molecule has 0 bridgehead atoms. The van der Waals surface area contributed by atoms with Crippen molar-refractivity contribution in [2.75, 3.05) is 31.9 Å². The number of hydrogen-bond donors (Lipinski definition) is 2. The van der Waals surface area contributed by atoms with Crippen LogP contribution >= 0.6 is 7.60 Å². The molecule has 0 aliphatic heterocycles. The highest BCUT2D eigenvalue weighted by atomic mass is 31.2. The van der Waals surface area contributed by atoms with E-state index in [4.69, 9.17) is 19.7 Å². The number of nitrogens with two attached hydrogens (primary N) is 1. The van der Waals surface area contributed by atoms with Crippen LogP contribution in [-0.2, 0) is 25.1 Å². The van der Waals surface area contributed by atoms with Gasteiger partial charge >= 0.3 is 7.60 Å². The first-order valence-electron chi connectivity index (χ1n) is 15.8. The number of aromatic nitrogens is 4. The molecule has 48 heavy (non-hydrogen) atoms. The van der Waals surface area contributed by atoms with Crippen LogP contribution in [0, 0.1) is 40.6 Å². The van der Waals surface area contributed by atoms with Gasteiger partial charge in [0, 0.05) is 18.2 Å². The van der Waals surface area contributed by atoms with E-state index in [2.05, 4.69) is 26.4 Å². The standard InChI is InChI=1S/C31H43F5N5O5PSi/c1-22(18-41-20-40-28-30(37)38-19-39-31(28)41)45-21-47(42,43)46-16-15-44-14-12-10-8-6-4-5-7-9-11-13-17-48(2,3)29-26(35)24(33)23(32)25(34)27(29)36/h19-20,22H,4-12,14-16,18,21H2,1-3H3,(H,42,43)(H2,37,38,39)/t22-/m1/s1. The fourth-order valence-electron chi connectivity index (χ4n) is 4.94. The van der Waals surface area contributed by atoms with Crippen molar-refractivity contribution in [1.82, 2.24) is 19.5 Å². The number of nitrogen functional groups attached to an aromatic ring is 1. The van der Waals surface area contributed by atoms with Gasteiger partial charge in [-0.05, 0) is 19.8 Å². The molecule has 2 atom stereocenters. The van der Waals surface area contributed by atoms with Crippen LogP contribution in [0.5, 0.6) is 0 Å². The van der Waals surface area contributed by atoms with E-state index in [9.17, 15) is 31.4 Å². The maximum absolute atomic E-state index is 14.2. The Bertz CT molecular complexity index is 1590. The Balaban J connectivity index is 1.17. The predicted molar refractivity (Wildman–Crippen MR) is 174 cm³/mol. The van der Waals surface area contributed by atoms with E-state index in [-0.39, 0.29) is 19.0 Å². The molecule has 1 aromatic carbocycles. The predicted octanol–water partition coefficient (Wildman–Crippen LogP) is 6.35. The maximum atomic E-state index is 14.2. The van der Waals surface area contributed by atoms with Crippen LogP contribution in [0.4, 0.5) is 27.8 Å². The van der Waals surface area contributed by atoms with Gasteiger partial charge in [0.1, 0.15) is 18.2 Å². The van der Waals surface area contributed by atoms with Crippen molar-refractivity contribution in [2.24, 2.45) is 0 Å². The van der Waals surface area contributed by atoms with Gasteiger partial charge in [-0.25, -0.2) is 36.9 Å². The largest absolute Gasteiger partial charge is 0.382 e. The third-order valence-electron chi connectivity index (χ3n) is 7.50. The zero-order valence-corrected chi connectivity index (χ0v) is 29.3. The Kier molecular flexibility index (Phi) is 15.4. The number of benzene rings is 1. The van der Waals surface area contributed by atoms with E-state index in [0.717, 1.165) is 51.4 Å². The minimum absolute atomic E-state index is 0.0327. The summed E-state index contributed by atoms with van der Waals surface area (Å²) in [5.41, 5.74) is 9.61. The van der Waals surface area contributed by atoms with Gasteiger partial charge in [0.2, 0.25) is 5.82 Å².